The molecule has 3 rings (SSSR count). The second-order valence-corrected chi connectivity index (χ2v) is 6.63. The molecule has 1 N–H and O–H groups in total. The zero-order chi connectivity index (χ0) is 17.1. The average molecular weight is 391 g/mol. The minimum atomic E-state index is 0.114. The van der Waals surface area contributed by atoms with Crippen LogP contribution in [0.5, 0.6) is 0 Å². The molecule has 24 heavy (non-hydrogen) atoms. The summed E-state index contributed by atoms with van der Waals surface area (Å²) in [6.45, 7) is 6.52. The van der Waals surface area contributed by atoms with Gasteiger partial charge in [-0.1, -0.05) is 15.9 Å². The Hall–Kier alpha value is -2.22. The van der Waals surface area contributed by atoms with Crippen LogP contribution in [0.4, 0.5) is 17.5 Å². The lowest BCUT2D eigenvalue weighted by molar-refractivity contribution is -0.129. The van der Waals surface area contributed by atoms with Gasteiger partial charge in [0.15, 0.2) is 5.82 Å². The van der Waals surface area contributed by atoms with Crippen molar-refractivity contribution in [2.24, 2.45) is 0 Å². The van der Waals surface area contributed by atoms with Crippen molar-refractivity contribution < 1.29 is 4.79 Å². The zero-order valence-corrected chi connectivity index (χ0v) is 15.2. The normalized spacial score (nSPS) is 14.6. The molecule has 8 heteroatoms. The first-order valence-corrected chi connectivity index (χ1v) is 8.55. The molecule has 0 spiro atoms. The van der Waals surface area contributed by atoms with Gasteiger partial charge in [0, 0.05) is 43.3 Å². The van der Waals surface area contributed by atoms with Gasteiger partial charge in [0.05, 0.1) is 6.20 Å². The van der Waals surface area contributed by atoms with Gasteiger partial charge in [0.2, 0.25) is 11.9 Å². The molecule has 1 aliphatic rings. The van der Waals surface area contributed by atoms with Gasteiger partial charge in [-0.25, -0.2) is 0 Å². The summed E-state index contributed by atoms with van der Waals surface area (Å²) in [4.78, 5) is 19.9. The predicted molar refractivity (Wildman–Crippen MR) is 96.5 cm³/mol. The van der Waals surface area contributed by atoms with Gasteiger partial charge >= 0.3 is 0 Å². The largest absolute Gasteiger partial charge is 0.352 e. The fraction of sp³-hybridized carbons (Fsp3) is 0.375. The standard InChI is InChI=1S/C16H19BrN6O/c1-11-9-13(17)3-4-14(11)19-16-20-15(10-18-21-16)23-7-5-22(6-8-23)12(2)24/h3-4,9-10H,5-8H2,1-2H3,(H,19,20,21). The van der Waals surface area contributed by atoms with Crippen molar-refractivity contribution >= 4 is 39.3 Å². The molecule has 1 amide bonds. The summed E-state index contributed by atoms with van der Waals surface area (Å²) < 4.78 is 1.03. The van der Waals surface area contributed by atoms with E-state index in [-0.39, 0.29) is 5.91 Å². The molecule has 7 nitrogen and oxygen atoms in total. The molecule has 1 fully saturated rings. The summed E-state index contributed by atoms with van der Waals surface area (Å²) in [6, 6.07) is 5.97. The van der Waals surface area contributed by atoms with Crippen LogP contribution >= 0.6 is 15.9 Å². The number of nitrogens with zero attached hydrogens (tertiary/aromatic N) is 5. The quantitative estimate of drug-likeness (QED) is 0.866. The SMILES string of the molecule is CC(=O)N1CCN(c2cnnc(Nc3ccc(Br)cc3C)n2)CC1. The van der Waals surface area contributed by atoms with Crippen LogP contribution < -0.4 is 10.2 Å². The lowest BCUT2D eigenvalue weighted by atomic mass is 10.2. The Morgan fingerprint density at radius 2 is 2.00 bits per heavy atom. The summed E-state index contributed by atoms with van der Waals surface area (Å²) in [5, 5.41) is 11.3. The summed E-state index contributed by atoms with van der Waals surface area (Å²) in [5.74, 6) is 1.35. The molecule has 0 atom stereocenters. The van der Waals surface area contributed by atoms with E-state index in [1.807, 2.05) is 30.0 Å². The number of halogens is 1. The van der Waals surface area contributed by atoms with Gasteiger partial charge in [-0.2, -0.15) is 10.1 Å². The number of piperazine rings is 1. The summed E-state index contributed by atoms with van der Waals surface area (Å²) >= 11 is 3.45. The molecular weight excluding hydrogens is 372 g/mol. The Bertz CT molecular complexity index is 745. The van der Waals surface area contributed by atoms with Crippen LogP contribution in [-0.4, -0.2) is 52.2 Å². The van der Waals surface area contributed by atoms with Crippen LogP contribution in [0.2, 0.25) is 0 Å². The summed E-state index contributed by atoms with van der Waals surface area (Å²) in [5.41, 5.74) is 2.03. The highest BCUT2D eigenvalue weighted by Crippen LogP contribution is 2.23. The number of anilines is 3. The van der Waals surface area contributed by atoms with E-state index in [9.17, 15) is 4.79 Å². The van der Waals surface area contributed by atoms with Crippen molar-refractivity contribution in [3.63, 3.8) is 0 Å². The topological polar surface area (TPSA) is 74.2 Å². The third-order valence-corrected chi connectivity index (χ3v) is 4.52. The molecule has 1 saturated heterocycles. The molecular formula is C16H19BrN6O. The van der Waals surface area contributed by atoms with Gasteiger partial charge in [-0.3, -0.25) is 4.79 Å². The molecule has 0 radical (unpaired) electrons. The smallest absolute Gasteiger partial charge is 0.249 e. The fourth-order valence-electron chi connectivity index (χ4n) is 2.64. The van der Waals surface area contributed by atoms with Gasteiger partial charge < -0.3 is 15.1 Å². The number of carbonyl (C=O) groups is 1. The van der Waals surface area contributed by atoms with E-state index in [2.05, 4.69) is 41.3 Å². The molecule has 0 unspecified atom stereocenters. The first-order chi connectivity index (χ1) is 11.5. The summed E-state index contributed by atoms with van der Waals surface area (Å²) in [6.07, 6.45) is 1.66. The molecule has 0 saturated carbocycles. The number of amides is 1. The molecule has 1 aromatic carbocycles. The molecule has 0 bridgehead atoms. The monoisotopic (exact) mass is 390 g/mol. The Morgan fingerprint density at radius 1 is 1.25 bits per heavy atom. The molecule has 0 aliphatic carbocycles. The van der Waals surface area contributed by atoms with Crippen LogP contribution in [0, 0.1) is 6.92 Å². The van der Waals surface area contributed by atoms with E-state index in [1.54, 1.807) is 13.1 Å². The van der Waals surface area contributed by atoms with E-state index >= 15 is 0 Å². The number of hydrogen-bond acceptors (Lipinski definition) is 6. The zero-order valence-electron chi connectivity index (χ0n) is 13.7. The van der Waals surface area contributed by atoms with Crippen LogP contribution in [0.1, 0.15) is 12.5 Å². The van der Waals surface area contributed by atoms with Crippen LogP contribution in [0.25, 0.3) is 0 Å². The molecule has 2 aromatic rings. The van der Waals surface area contributed by atoms with Gasteiger partial charge in [0.25, 0.3) is 0 Å². The minimum Gasteiger partial charge on any atom is -0.352 e. The van der Waals surface area contributed by atoms with E-state index in [4.69, 9.17) is 0 Å². The minimum absolute atomic E-state index is 0.114. The Kier molecular flexibility index (Phi) is 4.94. The highest BCUT2D eigenvalue weighted by atomic mass is 79.9. The van der Waals surface area contributed by atoms with E-state index in [0.29, 0.717) is 19.0 Å². The van der Waals surface area contributed by atoms with E-state index in [0.717, 1.165) is 34.6 Å². The van der Waals surface area contributed by atoms with Crippen molar-refractivity contribution in [3.8, 4) is 0 Å². The Balaban J connectivity index is 1.71. The Morgan fingerprint density at radius 3 is 2.67 bits per heavy atom. The first-order valence-electron chi connectivity index (χ1n) is 7.76. The number of hydrogen-bond donors (Lipinski definition) is 1. The van der Waals surface area contributed by atoms with E-state index < -0.39 is 0 Å². The maximum atomic E-state index is 11.4. The van der Waals surface area contributed by atoms with Crippen LogP contribution in [0.3, 0.4) is 0 Å². The number of benzene rings is 1. The Labute approximate surface area is 149 Å². The van der Waals surface area contributed by atoms with E-state index in [1.165, 1.54) is 0 Å². The van der Waals surface area contributed by atoms with Crippen LogP contribution in [-0.2, 0) is 4.79 Å². The number of aromatic nitrogens is 3. The maximum Gasteiger partial charge on any atom is 0.249 e. The lowest BCUT2D eigenvalue weighted by Gasteiger charge is -2.34. The third kappa shape index (κ3) is 3.81. The molecule has 2 heterocycles. The van der Waals surface area contributed by atoms with Crippen molar-refractivity contribution in [1.29, 1.82) is 0 Å². The van der Waals surface area contributed by atoms with Gasteiger partial charge in [-0.05, 0) is 30.7 Å². The third-order valence-electron chi connectivity index (χ3n) is 4.03. The molecule has 126 valence electrons. The van der Waals surface area contributed by atoms with Gasteiger partial charge in [-0.15, -0.1) is 5.10 Å². The number of nitrogens with one attached hydrogen (secondary N) is 1. The number of aryl methyl sites for hydroxylation is 1. The number of carbonyl (C=O) groups excluding carboxylic acids is 1. The lowest BCUT2D eigenvalue weighted by Crippen LogP contribution is -2.48. The second-order valence-electron chi connectivity index (χ2n) is 5.72. The van der Waals surface area contributed by atoms with Crippen molar-refractivity contribution in [3.05, 3.63) is 34.4 Å². The molecule has 1 aromatic heterocycles. The van der Waals surface area contributed by atoms with Gasteiger partial charge in [0.1, 0.15) is 0 Å². The highest BCUT2D eigenvalue weighted by molar-refractivity contribution is 9.10. The maximum absolute atomic E-state index is 11.4. The fourth-order valence-corrected chi connectivity index (χ4v) is 3.11. The summed E-state index contributed by atoms with van der Waals surface area (Å²) in [7, 11) is 0. The predicted octanol–water partition coefficient (Wildman–Crippen LogP) is 2.35. The van der Waals surface area contributed by atoms with Crippen molar-refractivity contribution in [2.45, 2.75) is 13.8 Å². The van der Waals surface area contributed by atoms with Crippen molar-refractivity contribution in [2.75, 3.05) is 36.4 Å². The van der Waals surface area contributed by atoms with Crippen LogP contribution in [0.15, 0.2) is 28.9 Å². The average Bonchev–Trinajstić information content (AvgIpc) is 2.58. The first kappa shape index (κ1) is 16.6. The second kappa shape index (κ2) is 7.12. The molecule has 1 aliphatic heterocycles. The highest BCUT2D eigenvalue weighted by Gasteiger charge is 2.20. The van der Waals surface area contributed by atoms with Crippen molar-refractivity contribution in [1.82, 2.24) is 20.1 Å². The number of rotatable bonds is 3.